The van der Waals surface area contributed by atoms with E-state index in [1.54, 1.807) is 13.1 Å². The number of thiazole rings is 1. The molecule has 4 nitrogen and oxygen atoms in total. The van der Waals surface area contributed by atoms with Crippen LogP contribution in [0.4, 0.5) is 5.13 Å². The molecule has 0 aliphatic carbocycles. The summed E-state index contributed by atoms with van der Waals surface area (Å²) in [5.74, 6) is 0.110. The molecule has 1 aliphatic heterocycles. The molecule has 0 bridgehead atoms. The molecule has 0 radical (unpaired) electrons. The maximum Gasteiger partial charge on any atom is 0.186 e. The summed E-state index contributed by atoms with van der Waals surface area (Å²) < 4.78 is 0. The molecule has 1 saturated heterocycles. The molecule has 2 heterocycles. The van der Waals surface area contributed by atoms with Crippen LogP contribution >= 0.6 is 11.3 Å². The fourth-order valence-corrected chi connectivity index (χ4v) is 3.31. The molecule has 1 aliphatic rings. The molecule has 0 saturated carbocycles. The summed E-state index contributed by atoms with van der Waals surface area (Å²) in [6, 6.07) is 0.503. The standard InChI is InChI=1S/C13H21N3OS/c1-4-11-9-15(3)6-5-7-16(11)13-14-8-12(18-13)10(2)17/h8,11H,4-7,9H2,1-3H3. The zero-order valence-electron chi connectivity index (χ0n) is 11.3. The Kier molecular flexibility index (Phi) is 4.35. The first kappa shape index (κ1) is 13.5. The van der Waals surface area contributed by atoms with Gasteiger partial charge in [0.15, 0.2) is 10.9 Å². The predicted molar refractivity (Wildman–Crippen MR) is 75.7 cm³/mol. The molecular weight excluding hydrogens is 246 g/mol. The van der Waals surface area contributed by atoms with Crippen LogP contribution in [0.15, 0.2) is 6.20 Å². The molecule has 0 N–H and O–H groups in total. The van der Waals surface area contributed by atoms with Crippen LogP contribution in [-0.2, 0) is 0 Å². The number of anilines is 1. The van der Waals surface area contributed by atoms with Gasteiger partial charge in [0.2, 0.25) is 0 Å². The Hall–Kier alpha value is -0.940. The van der Waals surface area contributed by atoms with E-state index in [-0.39, 0.29) is 5.78 Å². The summed E-state index contributed by atoms with van der Waals surface area (Å²) in [6.45, 7) is 7.07. The van der Waals surface area contributed by atoms with Gasteiger partial charge in [-0.15, -0.1) is 0 Å². The number of hydrogen-bond donors (Lipinski definition) is 0. The Bertz CT molecular complexity index is 418. The first-order valence-corrected chi connectivity index (χ1v) is 7.35. The van der Waals surface area contributed by atoms with Crippen LogP contribution in [0.2, 0.25) is 0 Å². The molecular formula is C13H21N3OS. The summed E-state index contributed by atoms with van der Waals surface area (Å²) in [5.41, 5.74) is 0. The van der Waals surface area contributed by atoms with E-state index < -0.39 is 0 Å². The van der Waals surface area contributed by atoms with E-state index in [1.807, 2.05) is 0 Å². The minimum Gasteiger partial charge on any atom is -0.344 e. The van der Waals surface area contributed by atoms with Crippen molar-refractivity contribution in [2.24, 2.45) is 0 Å². The lowest BCUT2D eigenvalue weighted by atomic mass is 10.2. The molecule has 0 spiro atoms. The third kappa shape index (κ3) is 2.90. The van der Waals surface area contributed by atoms with Gasteiger partial charge in [-0.2, -0.15) is 0 Å². The highest BCUT2D eigenvalue weighted by Crippen LogP contribution is 2.27. The van der Waals surface area contributed by atoms with E-state index >= 15 is 0 Å². The lowest BCUT2D eigenvalue weighted by Gasteiger charge is -2.29. The van der Waals surface area contributed by atoms with E-state index in [0.717, 1.165) is 42.5 Å². The van der Waals surface area contributed by atoms with E-state index in [1.165, 1.54) is 11.3 Å². The summed E-state index contributed by atoms with van der Waals surface area (Å²) in [4.78, 5) is 21.3. The number of Topliss-reactive ketones (excluding diaryl/α,β-unsaturated/α-hetero) is 1. The van der Waals surface area contributed by atoms with Gasteiger partial charge < -0.3 is 9.80 Å². The van der Waals surface area contributed by atoms with Crippen LogP contribution in [0.5, 0.6) is 0 Å². The molecule has 1 aromatic heterocycles. The number of nitrogens with zero attached hydrogens (tertiary/aromatic N) is 3. The van der Waals surface area contributed by atoms with Crippen molar-refractivity contribution in [3.63, 3.8) is 0 Å². The third-order valence-electron chi connectivity index (χ3n) is 3.46. The van der Waals surface area contributed by atoms with Gasteiger partial charge in [0.1, 0.15) is 0 Å². The van der Waals surface area contributed by atoms with Crippen molar-refractivity contribution in [3.8, 4) is 0 Å². The van der Waals surface area contributed by atoms with Gasteiger partial charge >= 0.3 is 0 Å². The van der Waals surface area contributed by atoms with Crippen molar-refractivity contribution in [1.29, 1.82) is 0 Å². The lowest BCUT2D eigenvalue weighted by molar-refractivity contribution is 0.102. The predicted octanol–water partition coefficient (Wildman–Crippen LogP) is 2.27. The number of ketones is 1. The molecule has 0 aromatic carbocycles. The van der Waals surface area contributed by atoms with Crippen molar-refractivity contribution in [3.05, 3.63) is 11.1 Å². The molecule has 1 fully saturated rings. The van der Waals surface area contributed by atoms with Crippen molar-refractivity contribution in [1.82, 2.24) is 9.88 Å². The van der Waals surface area contributed by atoms with E-state index in [9.17, 15) is 4.79 Å². The minimum absolute atomic E-state index is 0.110. The maximum atomic E-state index is 11.4. The minimum atomic E-state index is 0.110. The fraction of sp³-hybridized carbons (Fsp3) is 0.692. The van der Waals surface area contributed by atoms with Crippen molar-refractivity contribution in [2.75, 3.05) is 31.6 Å². The lowest BCUT2D eigenvalue weighted by Crippen LogP contribution is -2.39. The quantitative estimate of drug-likeness (QED) is 0.787. The number of carbonyl (C=O) groups is 1. The highest BCUT2D eigenvalue weighted by atomic mass is 32.1. The normalized spacial score (nSPS) is 21.9. The van der Waals surface area contributed by atoms with Crippen molar-refractivity contribution in [2.45, 2.75) is 32.7 Å². The van der Waals surface area contributed by atoms with Crippen LogP contribution in [0, 0.1) is 0 Å². The second kappa shape index (κ2) is 5.80. The van der Waals surface area contributed by atoms with E-state index in [4.69, 9.17) is 0 Å². The Balaban J connectivity index is 2.20. The van der Waals surface area contributed by atoms with Crippen molar-refractivity contribution < 1.29 is 4.79 Å². The second-order valence-electron chi connectivity index (χ2n) is 4.93. The number of hydrogen-bond acceptors (Lipinski definition) is 5. The SMILES string of the molecule is CCC1CN(C)CCCN1c1ncc(C(C)=O)s1. The Labute approximate surface area is 113 Å². The average molecular weight is 267 g/mol. The Morgan fingerprint density at radius 1 is 1.56 bits per heavy atom. The van der Waals surface area contributed by atoms with Crippen LogP contribution in [0.3, 0.4) is 0 Å². The number of rotatable bonds is 3. The van der Waals surface area contributed by atoms with Crippen LogP contribution < -0.4 is 4.90 Å². The molecule has 1 unspecified atom stereocenters. The molecule has 1 aromatic rings. The topological polar surface area (TPSA) is 36.4 Å². The Morgan fingerprint density at radius 3 is 2.94 bits per heavy atom. The largest absolute Gasteiger partial charge is 0.344 e. The monoisotopic (exact) mass is 267 g/mol. The fourth-order valence-electron chi connectivity index (χ4n) is 2.40. The molecule has 1 atom stereocenters. The molecule has 5 heteroatoms. The smallest absolute Gasteiger partial charge is 0.186 e. The second-order valence-corrected chi connectivity index (χ2v) is 5.94. The summed E-state index contributed by atoms with van der Waals surface area (Å²) >= 11 is 1.52. The molecule has 2 rings (SSSR count). The Morgan fingerprint density at radius 2 is 2.33 bits per heavy atom. The number of aromatic nitrogens is 1. The average Bonchev–Trinajstić information content (AvgIpc) is 2.74. The van der Waals surface area contributed by atoms with Gasteiger partial charge in [-0.1, -0.05) is 18.3 Å². The highest BCUT2D eigenvalue weighted by molar-refractivity contribution is 7.17. The molecule has 18 heavy (non-hydrogen) atoms. The third-order valence-corrected chi connectivity index (χ3v) is 4.59. The van der Waals surface area contributed by atoms with Gasteiger partial charge in [-0.3, -0.25) is 4.79 Å². The van der Waals surface area contributed by atoms with Gasteiger partial charge in [-0.05, 0) is 26.4 Å². The number of likely N-dealkylation sites (N-methyl/N-ethyl adjacent to an activating group) is 1. The van der Waals surface area contributed by atoms with Gasteiger partial charge in [0.25, 0.3) is 0 Å². The summed E-state index contributed by atoms with van der Waals surface area (Å²) in [6.07, 6.45) is 3.98. The van der Waals surface area contributed by atoms with Gasteiger partial charge in [0.05, 0.1) is 11.1 Å². The van der Waals surface area contributed by atoms with E-state index in [2.05, 4.69) is 28.8 Å². The van der Waals surface area contributed by atoms with Crippen LogP contribution in [-0.4, -0.2) is 48.4 Å². The first-order chi connectivity index (χ1) is 8.61. The summed E-state index contributed by atoms with van der Waals surface area (Å²) in [7, 11) is 2.18. The first-order valence-electron chi connectivity index (χ1n) is 6.53. The van der Waals surface area contributed by atoms with E-state index in [0.29, 0.717) is 6.04 Å². The molecule has 100 valence electrons. The van der Waals surface area contributed by atoms with Gasteiger partial charge in [-0.25, -0.2) is 4.98 Å². The highest BCUT2D eigenvalue weighted by Gasteiger charge is 2.24. The molecule has 0 amide bonds. The van der Waals surface area contributed by atoms with Crippen LogP contribution in [0.1, 0.15) is 36.4 Å². The van der Waals surface area contributed by atoms with Crippen molar-refractivity contribution >= 4 is 22.3 Å². The summed E-state index contributed by atoms with van der Waals surface area (Å²) in [5, 5.41) is 1.00. The van der Waals surface area contributed by atoms with Crippen LogP contribution in [0.25, 0.3) is 0 Å². The van der Waals surface area contributed by atoms with Gasteiger partial charge in [0, 0.05) is 26.1 Å². The number of carbonyl (C=O) groups excluding carboxylic acids is 1. The zero-order valence-corrected chi connectivity index (χ0v) is 12.2. The zero-order chi connectivity index (χ0) is 13.1. The maximum absolute atomic E-state index is 11.4.